The van der Waals surface area contributed by atoms with E-state index < -0.39 is 10.4 Å². The first-order valence-electron chi connectivity index (χ1n) is 13.3. The van der Waals surface area contributed by atoms with Crippen LogP contribution in [0, 0.1) is 17.8 Å². The van der Waals surface area contributed by atoms with E-state index in [1.165, 1.54) is 104 Å². The van der Waals surface area contributed by atoms with Crippen molar-refractivity contribution in [3.8, 4) is 0 Å². The van der Waals surface area contributed by atoms with Crippen molar-refractivity contribution in [3.63, 3.8) is 0 Å². The van der Waals surface area contributed by atoms with E-state index in [0.29, 0.717) is 0 Å². The molecule has 0 aliphatic heterocycles. The Balaban J connectivity index is 0. The van der Waals surface area contributed by atoms with E-state index in [0.717, 1.165) is 17.8 Å². The number of nitrogens with zero attached hydrogens (tertiary/aromatic N) is 1. The second-order valence-corrected chi connectivity index (χ2v) is 11.5. The van der Waals surface area contributed by atoms with Crippen LogP contribution in [0.1, 0.15) is 126 Å². The summed E-state index contributed by atoms with van der Waals surface area (Å²) in [5.74, 6) is 2.62. The van der Waals surface area contributed by atoms with Crippen LogP contribution in [-0.4, -0.2) is 44.1 Å². The van der Waals surface area contributed by atoms with Crippen LogP contribution in [0.5, 0.6) is 0 Å². The number of unbranched alkanes of at least 4 members (excludes halogenated alkanes) is 6. The molecule has 1 N–H and O–H groups in total. The van der Waals surface area contributed by atoms with Gasteiger partial charge in [0, 0.05) is 0 Å². The Labute approximate surface area is 202 Å². The standard InChI is InChI=1S/C24H51N.C2H6O4S/c1-22(2)16-10-7-13-19-25(20-14-8-11-17-23(3)4)21-15-9-12-18-24(5)6;1-2-6-7(3,4)5/h22-24H,7-21H2,1-6H3;2H2,1H3,(H,3,4,5). The van der Waals surface area contributed by atoms with Crippen molar-refractivity contribution < 1.29 is 17.2 Å². The van der Waals surface area contributed by atoms with Crippen molar-refractivity contribution in [1.82, 2.24) is 4.90 Å². The van der Waals surface area contributed by atoms with Crippen molar-refractivity contribution in [2.24, 2.45) is 17.8 Å². The molecular formula is C26H57NO4S. The maximum Gasteiger partial charge on any atom is 0.397 e. The number of hydrogen-bond acceptors (Lipinski definition) is 4. The van der Waals surface area contributed by atoms with Crippen LogP contribution >= 0.6 is 0 Å². The summed E-state index contributed by atoms with van der Waals surface area (Å²) in [6, 6.07) is 0. The Bertz CT molecular complexity index is 435. The quantitative estimate of drug-likeness (QED) is 0.143. The van der Waals surface area contributed by atoms with Crippen molar-refractivity contribution in [2.75, 3.05) is 26.2 Å². The fraction of sp³-hybridized carbons (Fsp3) is 1.00. The molecule has 0 aliphatic carbocycles. The Hall–Kier alpha value is -0.170. The molecule has 196 valence electrons. The third kappa shape index (κ3) is 32.0. The smallest absolute Gasteiger partial charge is 0.303 e. The van der Waals surface area contributed by atoms with Crippen LogP contribution in [0.4, 0.5) is 0 Å². The lowest BCUT2D eigenvalue weighted by atomic mass is 10.0. The molecule has 0 spiro atoms. The molecule has 0 fully saturated rings. The maximum absolute atomic E-state index is 9.56. The molecule has 0 radical (unpaired) electrons. The highest BCUT2D eigenvalue weighted by Crippen LogP contribution is 2.13. The van der Waals surface area contributed by atoms with Gasteiger partial charge in [-0.3, -0.25) is 4.55 Å². The van der Waals surface area contributed by atoms with Crippen LogP contribution in [0.3, 0.4) is 0 Å². The van der Waals surface area contributed by atoms with E-state index in [-0.39, 0.29) is 6.61 Å². The fourth-order valence-electron chi connectivity index (χ4n) is 3.68. The minimum absolute atomic E-state index is 0.0289. The highest BCUT2D eigenvalue weighted by molar-refractivity contribution is 7.80. The molecule has 0 aromatic heterocycles. The molecule has 0 amide bonds. The fourth-order valence-corrected chi connectivity index (χ4v) is 3.98. The average Bonchev–Trinajstić information content (AvgIpc) is 2.65. The van der Waals surface area contributed by atoms with Gasteiger partial charge in [-0.2, -0.15) is 8.42 Å². The van der Waals surface area contributed by atoms with Gasteiger partial charge in [-0.25, -0.2) is 4.18 Å². The predicted octanol–water partition coefficient (Wildman–Crippen LogP) is 7.76. The first-order valence-corrected chi connectivity index (χ1v) is 14.7. The van der Waals surface area contributed by atoms with Gasteiger partial charge in [0.2, 0.25) is 0 Å². The summed E-state index contributed by atoms with van der Waals surface area (Å²) in [7, 11) is -4.17. The summed E-state index contributed by atoms with van der Waals surface area (Å²) in [6.07, 6.45) is 17.0. The van der Waals surface area contributed by atoms with Crippen LogP contribution in [0.2, 0.25) is 0 Å². The summed E-state index contributed by atoms with van der Waals surface area (Å²) in [5, 5.41) is 0. The lowest BCUT2D eigenvalue weighted by Gasteiger charge is -2.22. The minimum atomic E-state index is -4.17. The molecule has 0 saturated heterocycles. The monoisotopic (exact) mass is 479 g/mol. The molecule has 6 heteroatoms. The molecule has 0 saturated carbocycles. The van der Waals surface area contributed by atoms with Gasteiger partial charge in [0.15, 0.2) is 0 Å². The first-order chi connectivity index (χ1) is 15.0. The highest BCUT2D eigenvalue weighted by atomic mass is 32.3. The second-order valence-electron chi connectivity index (χ2n) is 10.4. The summed E-state index contributed by atoms with van der Waals surface area (Å²) in [4.78, 5) is 2.78. The summed E-state index contributed by atoms with van der Waals surface area (Å²) >= 11 is 0. The maximum atomic E-state index is 9.56. The zero-order valence-corrected chi connectivity index (χ0v) is 23.4. The van der Waals surface area contributed by atoms with Gasteiger partial charge in [-0.05, 0) is 63.6 Å². The van der Waals surface area contributed by atoms with Gasteiger partial charge in [-0.15, -0.1) is 0 Å². The van der Waals surface area contributed by atoms with E-state index in [9.17, 15) is 8.42 Å². The summed E-state index contributed by atoms with van der Waals surface area (Å²) in [6.45, 7) is 19.5. The molecule has 0 aliphatic rings. The Morgan fingerprint density at radius 3 is 1.12 bits per heavy atom. The van der Waals surface area contributed by atoms with E-state index in [1.54, 1.807) is 0 Å². The van der Waals surface area contributed by atoms with Crippen LogP contribution in [0.15, 0.2) is 0 Å². The van der Waals surface area contributed by atoms with Crippen molar-refractivity contribution in [3.05, 3.63) is 0 Å². The zero-order valence-electron chi connectivity index (χ0n) is 22.6. The number of rotatable bonds is 20. The third-order valence-electron chi connectivity index (χ3n) is 5.53. The van der Waals surface area contributed by atoms with Crippen LogP contribution in [0.25, 0.3) is 0 Å². The van der Waals surface area contributed by atoms with Gasteiger partial charge >= 0.3 is 10.4 Å². The largest absolute Gasteiger partial charge is 0.397 e. The summed E-state index contributed by atoms with van der Waals surface area (Å²) < 4.78 is 30.7. The summed E-state index contributed by atoms with van der Waals surface area (Å²) in [5.41, 5.74) is 0. The molecule has 0 bridgehead atoms. The molecule has 0 heterocycles. The number of hydrogen-bond donors (Lipinski definition) is 1. The average molecular weight is 480 g/mol. The molecule has 0 aromatic carbocycles. The first kappa shape index (κ1) is 34.0. The van der Waals surface area contributed by atoms with Gasteiger partial charge in [-0.1, -0.05) is 99.3 Å². The van der Waals surface area contributed by atoms with Crippen molar-refractivity contribution in [1.29, 1.82) is 0 Å². The predicted molar refractivity (Wildman–Crippen MR) is 140 cm³/mol. The molecular weight excluding hydrogens is 422 g/mol. The van der Waals surface area contributed by atoms with Gasteiger partial charge in [0.05, 0.1) is 6.61 Å². The Morgan fingerprint density at radius 2 is 0.938 bits per heavy atom. The third-order valence-corrected chi connectivity index (χ3v) is 6.07. The Morgan fingerprint density at radius 1 is 0.625 bits per heavy atom. The lowest BCUT2D eigenvalue weighted by Crippen LogP contribution is -2.27. The van der Waals surface area contributed by atoms with Crippen molar-refractivity contribution >= 4 is 10.4 Å². The van der Waals surface area contributed by atoms with Gasteiger partial charge < -0.3 is 4.90 Å². The van der Waals surface area contributed by atoms with E-state index in [4.69, 9.17) is 4.55 Å². The van der Waals surface area contributed by atoms with E-state index in [1.807, 2.05) is 0 Å². The van der Waals surface area contributed by atoms with Crippen LogP contribution in [-0.2, 0) is 14.6 Å². The normalized spacial score (nSPS) is 12.1. The van der Waals surface area contributed by atoms with E-state index >= 15 is 0 Å². The van der Waals surface area contributed by atoms with Crippen molar-refractivity contribution in [2.45, 2.75) is 126 Å². The SMILES string of the molecule is CC(C)CCCCCN(CCCCCC(C)C)CCCCCC(C)C.CCOS(=O)(=O)O. The molecule has 0 aromatic rings. The van der Waals surface area contributed by atoms with Crippen LogP contribution < -0.4 is 0 Å². The molecule has 0 rings (SSSR count). The molecule has 0 atom stereocenters. The highest BCUT2D eigenvalue weighted by Gasteiger charge is 2.06. The minimum Gasteiger partial charge on any atom is -0.303 e. The molecule has 0 unspecified atom stereocenters. The Kier molecular flexibility index (Phi) is 24.0. The second kappa shape index (κ2) is 22.6. The van der Waals surface area contributed by atoms with E-state index in [2.05, 4.69) is 50.6 Å². The molecule has 32 heavy (non-hydrogen) atoms. The zero-order chi connectivity index (χ0) is 24.8. The van der Waals surface area contributed by atoms with Gasteiger partial charge in [0.1, 0.15) is 0 Å². The topological polar surface area (TPSA) is 66.8 Å². The molecule has 5 nitrogen and oxygen atoms in total. The van der Waals surface area contributed by atoms with Gasteiger partial charge in [0.25, 0.3) is 0 Å². The lowest BCUT2D eigenvalue weighted by molar-refractivity contribution is 0.252.